The molecule has 2 heterocycles. The number of hydrogen-bond donors (Lipinski definition) is 2. The van der Waals surface area contributed by atoms with Crippen molar-refractivity contribution < 1.29 is 9.84 Å². The third-order valence-electron chi connectivity index (χ3n) is 2.77. The number of nitrogens with two attached hydrogens (primary N) is 1. The van der Waals surface area contributed by atoms with Crippen LogP contribution in [0.4, 0.5) is 11.8 Å². The molecule has 0 bridgehead atoms. The van der Waals surface area contributed by atoms with Crippen LogP contribution in [0, 0.1) is 0 Å². The molecule has 0 radical (unpaired) electrons. The summed E-state index contributed by atoms with van der Waals surface area (Å²) in [7, 11) is 1.59. The lowest BCUT2D eigenvalue weighted by Crippen LogP contribution is -2.48. The van der Waals surface area contributed by atoms with E-state index in [-0.39, 0.29) is 6.10 Å². The second-order valence-corrected chi connectivity index (χ2v) is 3.86. The Balaban J connectivity index is 2.11. The van der Waals surface area contributed by atoms with Crippen molar-refractivity contribution in [2.75, 3.05) is 30.8 Å². The van der Waals surface area contributed by atoms with Crippen molar-refractivity contribution in [1.82, 2.24) is 9.97 Å². The molecule has 0 unspecified atom stereocenters. The van der Waals surface area contributed by atoms with Gasteiger partial charge in [0, 0.05) is 26.4 Å². The average Bonchev–Trinajstić information content (AvgIpc) is 2.29. The van der Waals surface area contributed by atoms with Crippen molar-refractivity contribution >= 4 is 11.8 Å². The number of methoxy groups -OCH3 is 1. The van der Waals surface area contributed by atoms with Gasteiger partial charge in [0.05, 0.1) is 6.10 Å². The molecule has 1 aromatic rings. The molecule has 6 nitrogen and oxygen atoms in total. The van der Waals surface area contributed by atoms with Gasteiger partial charge >= 0.3 is 0 Å². The molecule has 16 heavy (non-hydrogen) atoms. The second kappa shape index (κ2) is 4.63. The van der Waals surface area contributed by atoms with E-state index in [0.29, 0.717) is 31.3 Å². The van der Waals surface area contributed by atoms with Gasteiger partial charge in [0.25, 0.3) is 0 Å². The molecule has 88 valence electrons. The fraction of sp³-hybridized carbons (Fsp3) is 0.600. The van der Waals surface area contributed by atoms with E-state index in [1.807, 2.05) is 4.90 Å². The van der Waals surface area contributed by atoms with Crippen molar-refractivity contribution in [2.24, 2.45) is 0 Å². The smallest absolute Gasteiger partial charge is 0.227 e. The number of hydrogen-bond acceptors (Lipinski definition) is 6. The maximum Gasteiger partial charge on any atom is 0.227 e. The normalized spacial score (nSPS) is 25.8. The molecular weight excluding hydrogens is 208 g/mol. The van der Waals surface area contributed by atoms with Crippen LogP contribution in [0.2, 0.25) is 0 Å². The second-order valence-electron chi connectivity index (χ2n) is 3.86. The number of aliphatic hydroxyl groups excluding tert-OH is 1. The number of rotatable bonds is 2. The lowest BCUT2D eigenvalue weighted by Gasteiger charge is -2.35. The van der Waals surface area contributed by atoms with Gasteiger partial charge in [-0.2, -0.15) is 4.98 Å². The fourth-order valence-corrected chi connectivity index (χ4v) is 1.83. The number of nitrogens with zero attached hydrogens (tertiary/aromatic N) is 3. The van der Waals surface area contributed by atoms with E-state index in [2.05, 4.69) is 9.97 Å². The molecule has 2 rings (SSSR count). The quantitative estimate of drug-likeness (QED) is 0.714. The predicted octanol–water partition coefficient (Wildman–Crippen LogP) is -0.355. The van der Waals surface area contributed by atoms with E-state index in [4.69, 9.17) is 10.5 Å². The number of aliphatic hydroxyl groups is 1. The molecule has 1 saturated heterocycles. The third kappa shape index (κ3) is 2.23. The van der Waals surface area contributed by atoms with Gasteiger partial charge in [0.15, 0.2) is 0 Å². The number of piperidine rings is 1. The Morgan fingerprint density at radius 1 is 1.62 bits per heavy atom. The van der Waals surface area contributed by atoms with Gasteiger partial charge in [-0.3, -0.25) is 0 Å². The van der Waals surface area contributed by atoms with Crippen LogP contribution in [0.3, 0.4) is 0 Å². The molecular formula is C10H16N4O2. The summed E-state index contributed by atoms with van der Waals surface area (Å²) in [5, 5.41) is 9.67. The van der Waals surface area contributed by atoms with Gasteiger partial charge in [-0.15, -0.1) is 0 Å². The molecule has 0 amide bonds. The highest BCUT2D eigenvalue weighted by Gasteiger charge is 2.28. The van der Waals surface area contributed by atoms with Crippen molar-refractivity contribution in [1.29, 1.82) is 0 Å². The monoisotopic (exact) mass is 224 g/mol. The third-order valence-corrected chi connectivity index (χ3v) is 2.77. The van der Waals surface area contributed by atoms with Crippen molar-refractivity contribution in [3.05, 3.63) is 12.3 Å². The van der Waals surface area contributed by atoms with Crippen LogP contribution in [-0.4, -0.2) is 47.5 Å². The molecule has 0 spiro atoms. The highest BCUT2D eigenvalue weighted by atomic mass is 16.5. The molecule has 0 aromatic carbocycles. The fourth-order valence-electron chi connectivity index (χ4n) is 1.83. The number of nitrogen functional groups attached to an aromatic ring is 1. The number of ether oxygens (including phenoxy) is 1. The van der Waals surface area contributed by atoms with Gasteiger partial charge in [0.2, 0.25) is 5.95 Å². The van der Waals surface area contributed by atoms with Gasteiger partial charge in [0.1, 0.15) is 11.9 Å². The zero-order chi connectivity index (χ0) is 11.5. The van der Waals surface area contributed by atoms with Crippen LogP contribution in [0.25, 0.3) is 0 Å². The molecule has 0 saturated carbocycles. The Bertz CT molecular complexity index is 360. The first-order valence-electron chi connectivity index (χ1n) is 5.25. The van der Waals surface area contributed by atoms with Crippen molar-refractivity contribution in [3.63, 3.8) is 0 Å². The highest BCUT2D eigenvalue weighted by Crippen LogP contribution is 2.18. The van der Waals surface area contributed by atoms with Gasteiger partial charge in [-0.1, -0.05) is 0 Å². The van der Waals surface area contributed by atoms with Crippen LogP contribution in [0.1, 0.15) is 6.42 Å². The summed E-state index contributed by atoms with van der Waals surface area (Å²) in [5.41, 5.74) is 5.60. The van der Waals surface area contributed by atoms with E-state index in [9.17, 15) is 5.11 Å². The van der Waals surface area contributed by atoms with Crippen LogP contribution >= 0.6 is 0 Å². The van der Waals surface area contributed by atoms with Gasteiger partial charge in [-0.05, 0) is 12.5 Å². The summed E-state index contributed by atoms with van der Waals surface area (Å²) in [6, 6.07) is 1.65. The average molecular weight is 224 g/mol. The maximum absolute atomic E-state index is 9.67. The van der Waals surface area contributed by atoms with Gasteiger partial charge in [-0.25, -0.2) is 4.98 Å². The predicted molar refractivity (Wildman–Crippen MR) is 60.1 cm³/mol. The molecule has 1 fully saturated rings. The van der Waals surface area contributed by atoms with Crippen LogP contribution < -0.4 is 10.6 Å². The topological polar surface area (TPSA) is 84.5 Å². The van der Waals surface area contributed by atoms with Crippen LogP contribution in [0.15, 0.2) is 12.3 Å². The standard InChI is InChI=1S/C10H16N4O2/c1-16-8-6-14(5-3-7(8)15)10-12-4-2-9(11)13-10/h2,4,7-8,15H,3,5-6H2,1H3,(H2,11,12,13)/t7-,8+/m1/s1. The minimum Gasteiger partial charge on any atom is -0.390 e. The highest BCUT2D eigenvalue weighted by molar-refractivity contribution is 5.38. The summed E-state index contributed by atoms with van der Waals surface area (Å²) in [5.74, 6) is 1.04. The zero-order valence-corrected chi connectivity index (χ0v) is 9.21. The van der Waals surface area contributed by atoms with E-state index in [1.54, 1.807) is 19.4 Å². The number of anilines is 2. The zero-order valence-electron chi connectivity index (χ0n) is 9.21. The minimum absolute atomic E-state index is 0.196. The minimum atomic E-state index is -0.415. The van der Waals surface area contributed by atoms with Crippen molar-refractivity contribution in [3.8, 4) is 0 Å². The summed E-state index contributed by atoms with van der Waals surface area (Å²) in [4.78, 5) is 10.3. The first kappa shape index (κ1) is 11.1. The summed E-state index contributed by atoms with van der Waals surface area (Å²) >= 11 is 0. The molecule has 0 aliphatic carbocycles. The Labute approximate surface area is 94.1 Å². The molecule has 1 aliphatic heterocycles. The Hall–Kier alpha value is -1.40. The Morgan fingerprint density at radius 3 is 3.12 bits per heavy atom. The Kier molecular flexibility index (Phi) is 3.21. The Morgan fingerprint density at radius 2 is 2.44 bits per heavy atom. The first-order chi connectivity index (χ1) is 7.70. The van der Waals surface area contributed by atoms with Gasteiger partial charge < -0.3 is 20.5 Å². The van der Waals surface area contributed by atoms with E-state index in [0.717, 1.165) is 0 Å². The molecule has 1 aliphatic rings. The SMILES string of the molecule is CO[C@H]1CN(c2nccc(N)n2)CC[C@H]1O. The van der Waals surface area contributed by atoms with E-state index in [1.165, 1.54) is 0 Å². The number of aromatic nitrogens is 2. The van der Waals surface area contributed by atoms with E-state index >= 15 is 0 Å². The maximum atomic E-state index is 9.67. The van der Waals surface area contributed by atoms with E-state index < -0.39 is 6.10 Å². The molecule has 1 aromatic heterocycles. The van der Waals surface area contributed by atoms with Crippen LogP contribution in [-0.2, 0) is 4.74 Å². The van der Waals surface area contributed by atoms with Crippen LogP contribution in [0.5, 0.6) is 0 Å². The molecule has 6 heteroatoms. The first-order valence-corrected chi connectivity index (χ1v) is 5.25. The molecule has 2 atom stereocenters. The van der Waals surface area contributed by atoms with Crippen molar-refractivity contribution in [2.45, 2.75) is 18.6 Å². The lowest BCUT2D eigenvalue weighted by molar-refractivity contribution is -0.0208. The molecule has 3 N–H and O–H groups in total. The summed E-state index contributed by atoms with van der Waals surface area (Å²) in [6.07, 6.45) is 1.67. The summed E-state index contributed by atoms with van der Waals surface area (Å²) in [6.45, 7) is 1.30. The largest absolute Gasteiger partial charge is 0.390 e. The lowest BCUT2D eigenvalue weighted by atomic mass is 10.1. The summed E-state index contributed by atoms with van der Waals surface area (Å²) < 4.78 is 5.21.